The topological polar surface area (TPSA) is 77.8 Å². The summed E-state index contributed by atoms with van der Waals surface area (Å²) < 4.78 is 5.25. The lowest BCUT2D eigenvalue weighted by molar-refractivity contribution is 0.253. The van der Waals surface area contributed by atoms with Gasteiger partial charge in [0.15, 0.2) is 0 Å². The number of nitrogens with zero attached hydrogens (tertiary/aromatic N) is 3. The summed E-state index contributed by atoms with van der Waals surface area (Å²) in [4.78, 5) is 8.44. The average Bonchev–Trinajstić information content (AvgIpc) is 2.76. The van der Waals surface area contributed by atoms with Gasteiger partial charge < -0.3 is 10.3 Å². The first-order chi connectivity index (χ1) is 8.39. The molecule has 2 heterocycles. The fourth-order valence-electron chi connectivity index (χ4n) is 1.54. The fraction of sp³-hybridized carbons (Fsp3) is 0.462. The molecule has 0 radical (unpaired) electrons. The van der Waals surface area contributed by atoms with Crippen LogP contribution in [0.15, 0.2) is 23.0 Å². The first kappa shape index (κ1) is 12.7. The average molecular weight is 246 g/mol. The van der Waals surface area contributed by atoms with E-state index in [1.807, 2.05) is 33.8 Å². The van der Waals surface area contributed by atoms with E-state index in [9.17, 15) is 0 Å². The minimum atomic E-state index is -0.282. The Bertz CT molecular complexity index is 542. The summed E-state index contributed by atoms with van der Waals surface area (Å²) in [5.41, 5.74) is 7.90. The van der Waals surface area contributed by atoms with Crippen LogP contribution in [0, 0.1) is 12.3 Å². The van der Waals surface area contributed by atoms with Crippen LogP contribution in [0.4, 0.5) is 0 Å². The number of aromatic nitrogens is 3. The number of pyridine rings is 1. The first-order valence-electron chi connectivity index (χ1n) is 5.90. The molecule has 1 atom stereocenters. The molecule has 0 aliphatic carbocycles. The summed E-state index contributed by atoms with van der Waals surface area (Å²) in [6.07, 6.45) is 3.47. The normalized spacial score (nSPS) is 13.6. The van der Waals surface area contributed by atoms with Crippen molar-refractivity contribution in [2.45, 2.75) is 33.7 Å². The summed E-state index contributed by atoms with van der Waals surface area (Å²) in [7, 11) is 0. The van der Waals surface area contributed by atoms with Crippen LogP contribution < -0.4 is 5.73 Å². The molecule has 0 saturated carbocycles. The van der Waals surface area contributed by atoms with Crippen molar-refractivity contribution in [2.24, 2.45) is 11.1 Å². The van der Waals surface area contributed by atoms with Gasteiger partial charge in [0.25, 0.3) is 0 Å². The summed E-state index contributed by atoms with van der Waals surface area (Å²) >= 11 is 0. The van der Waals surface area contributed by atoms with Crippen molar-refractivity contribution in [2.75, 3.05) is 0 Å². The molecule has 0 spiro atoms. The summed E-state index contributed by atoms with van der Waals surface area (Å²) in [6, 6.07) is 1.63. The molecule has 0 bridgehead atoms. The molecule has 18 heavy (non-hydrogen) atoms. The van der Waals surface area contributed by atoms with E-state index in [4.69, 9.17) is 10.3 Å². The smallest absolute Gasteiger partial charge is 0.244 e. The van der Waals surface area contributed by atoms with Gasteiger partial charge >= 0.3 is 0 Å². The molecule has 5 heteroatoms. The second kappa shape index (κ2) is 4.49. The molecule has 0 aliphatic rings. The van der Waals surface area contributed by atoms with Crippen LogP contribution in [-0.2, 0) is 0 Å². The van der Waals surface area contributed by atoms with Gasteiger partial charge in [-0.1, -0.05) is 25.9 Å². The van der Waals surface area contributed by atoms with Gasteiger partial charge in [0.05, 0.1) is 6.04 Å². The van der Waals surface area contributed by atoms with Gasteiger partial charge in [0.1, 0.15) is 0 Å². The summed E-state index contributed by atoms with van der Waals surface area (Å²) in [6.45, 7) is 8.10. The monoisotopic (exact) mass is 246 g/mol. The van der Waals surface area contributed by atoms with Gasteiger partial charge in [-0.05, 0) is 24.0 Å². The molecule has 5 nitrogen and oxygen atoms in total. The number of aryl methyl sites for hydroxylation is 1. The van der Waals surface area contributed by atoms with Crippen molar-refractivity contribution in [3.8, 4) is 11.4 Å². The third kappa shape index (κ3) is 2.41. The molecule has 2 N–H and O–H groups in total. The van der Waals surface area contributed by atoms with Crippen molar-refractivity contribution in [3.63, 3.8) is 0 Å². The molecule has 0 fully saturated rings. The van der Waals surface area contributed by atoms with Gasteiger partial charge in [-0.15, -0.1) is 0 Å². The standard InChI is InChI=1S/C13H18N4O/c1-8-5-6-15-7-9(8)11-16-12(18-17-11)10(14)13(2,3)4/h5-7,10H,14H2,1-4H3/t10-/m1/s1. The Morgan fingerprint density at radius 1 is 1.33 bits per heavy atom. The van der Waals surface area contributed by atoms with E-state index < -0.39 is 0 Å². The van der Waals surface area contributed by atoms with Crippen molar-refractivity contribution < 1.29 is 4.52 Å². The molecule has 0 aromatic carbocycles. The Balaban J connectivity index is 2.35. The highest BCUT2D eigenvalue weighted by Gasteiger charge is 2.27. The van der Waals surface area contributed by atoms with Gasteiger partial charge in [0, 0.05) is 18.0 Å². The van der Waals surface area contributed by atoms with Gasteiger partial charge in [0.2, 0.25) is 11.7 Å². The SMILES string of the molecule is Cc1ccncc1-c1noc([C@@H](N)C(C)(C)C)n1. The molecular formula is C13H18N4O. The van der Waals surface area contributed by atoms with E-state index in [2.05, 4.69) is 15.1 Å². The van der Waals surface area contributed by atoms with Gasteiger partial charge in [-0.3, -0.25) is 4.98 Å². The Kier molecular flexibility index (Phi) is 3.17. The van der Waals surface area contributed by atoms with E-state index in [1.54, 1.807) is 12.4 Å². The van der Waals surface area contributed by atoms with E-state index in [0.29, 0.717) is 11.7 Å². The fourth-order valence-corrected chi connectivity index (χ4v) is 1.54. The molecular weight excluding hydrogens is 228 g/mol. The molecule has 96 valence electrons. The molecule has 2 rings (SSSR count). The highest BCUT2D eigenvalue weighted by Crippen LogP contribution is 2.30. The lowest BCUT2D eigenvalue weighted by atomic mass is 9.87. The van der Waals surface area contributed by atoms with E-state index in [0.717, 1.165) is 11.1 Å². The van der Waals surface area contributed by atoms with Crippen LogP contribution in [0.5, 0.6) is 0 Å². The summed E-state index contributed by atoms with van der Waals surface area (Å²) in [5, 5.41) is 3.98. The van der Waals surface area contributed by atoms with Gasteiger partial charge in [-0.25, -0.2) is 0 Å². The Hall–Kier alpha value is -1.75. The van der Waals surface area contributed by atoms with E-state index in [1.165, 1.54) is 0 Å². The predicted octanol–water partition coefficient (Wildman–Crippen LogP) is 2.49. The van der Waals surface area contributed by atoms with Crippen molar-refractivity contribution >= 4 is 0 Å². The van der Waals surface area contributed by atoms with E-state index >= 15 is 0 Å². The number of nitrogens with two attached hydrogens (primary N) is 1. The minimum Gasteiger partial charge on any atom is -0.337 e. The molecule has 0 aliphatic heterocycles. The van der Waals surface area contributed by atoms with Crippen molar-refractivity contribution in [1.29, 1.82) is 0 Å². The van der Waals surface area contributed by atoms with Crippen LogP contribution in [0.3, 0.4) is 0 Å². The zero-order valence-corrected chi connectivity index (χ0v) is 11.1. The first-order valence-corrected chi connectivity index (χ1v) is 5.90. The van der Waals surface area contributed by atoms with Crippen LogP contribution in [0.2, 0.25) is 0 Å². The van der Waals surface area contributed by atoms with Crippen LogP contribution in [0.25, 0.3) is 11.4 Å². The molecule has 2 aromatic heterocycles. The maximum absolute atomic E-state index is 6.09. The van der Waals surface area contributed by atoms with E-state index in [-0.39, 0.29) is 11.5 Å². The largest absolute Gasteiger partial charge is 0.337 e. The molecule has 2 aromatic rings. The quantitative estimate of drug-likeness (QED) is 0.880. The Morgan fingerprint density at radius 3 is 2.67 bits per heavy atom. The van der Waals surface area contributed by atoms with Crippen molar-refractivity contribution in [3.05, 3.63) is 29.9 Å². The summed E-state index contributed by atoms with van der Waals surface area (Å²) in [5.74, 6) is 0.996. The molecule has 0 unspecified atom stereocenters. The third-order valence-electron chi connectivity index (χ3n) is 2.92. The molecule has 0 saturated heterocycles. The van der Waals surface area contributed by atoms with Crippen LogP contribution in [0.1, 0.15) is 38.3 Å². The van der Waals surface area contributed by atoms with Crippen LogP contribution in [-0.4, -0.2) is 15.1 Å². The zero-order chi connectivity index (χ0) is 13.3. The number of hydrogen-bond donors (Lipinski definition) is 1. The predicted molar refractivity (Wildman–Crippen MR) is 68.6 cm³/mol. The van der Waals surface area contributed by atoms with Crippen molar-refractivity contribution in [1.82, 2.24) is 15.1 Å². The highest BCUT2D eigenvalue weighted by molar-refractivity contribution is 5.57. The Labute approximate surface area is 106 Å². The number of hydrogen-bond acceptors (Lipinski definition) is 5. The lowest BCUT2D eigenvalue weighted by Crippen LogP contribution is -2.26. The second-order valence-electron chi connectivity index (χ2n) is 5.49. The van der Waals surface area contributed by atoms with Gasteiger partial charge in [-0.2, -0.15) is 4.98 Å². The maximum atomic E-state index is 6.09. The molecule has 0 amide bonds. The Morgan fingerprint density at radius 2 is 2.06 bits per heavy atom. The highest BCUT2D eigenvalue weighted by atomic mass is 16.5. The number of rotatable bonds is 2. The lowest BCUT2D eigenvalue weighted by Gasteiger charge is -2.23. The zero-order valence-electron chi connectivity index (χ0n) is 11.1. The second-order valence-corrected chi connectivity index (χ2v) is 5.49. The van der Waals surface area contributed by atoms with Crippen LogP contribution >= 0.6 is 0 Å². The third-order valence-corrected chi connectivity index (χ3v) is 2.92. The maximum Gasteiger partial charge on any atom is 0.244 e. The minimum absolute atomic E-state index is 0.117.